The molecule has 2 saturated heterocycles. The standard InChI is InChI=1S/C34H31F3N6O3S2/c1-22-8-9-24(20-38)18-26(22)39-33-43(21-23-6-4-3-5-7-23)30(44)29(48-33)31-40(2)27-19-25(10-11-28(27)47-31)42(32(45)34(35,36)37)13-12-41-14-16-46-17-15-41/h3-11,18-19H,12-17,21H2,1-2H3/b31-29-,39-33?. The molecular weight excluding hydrogens is 662 g/mol. The molecular formula is C34H31F3N6O3S2. The number of fused-ring (bicyclic) bond motifs is 1. The van der Waals surface area contributed by atoms with Crippen molar-refractivity contribution in [2.75, 3.05) is 56.2 Å². The largest absolute Gasteiger partial charge is 0.471 e. The van der Waals surface area contributed by atoms with Crippen molar-refractivity contribution in [1.29, 1.82) is 5.26 Å². The summed E-state index contributed by atoms with van der Waals surface area (Å²) in [5.41, 5.74) is 3.46. The fourth-order valence-electron chi connectivity index (χ4n) is 5.50. The van der Waals surface area contributed by atoms with Crippen LogP contribution in [0.1, 0.15) is 16.7 Å². The first-order valence-electron chi connectivity index (χ1n) is 15.2. The molecule has 0 bridgehead atoms. The minimum absolute atomic E-state index is 0.120. The number of nitrogens with zero attached hydrogens (tertiary/aromatic N) is 6. The van der Waals surface area contributed by atoms with Gasteiger partial charge in [0.25, 0.3) is 5.91 Å². The van der Waals surface area contributed by atoms with E-state index in [1.807, 2.05) is 48.2 Å². The molecule has 9 nitrogen and oxygen atoms in total. The van der Waals surface area contributed by atoms with Crippen LogP contribution in [-0.2, 0) is 20.9 Å². The molecule has 2 amide bonds. The fourth-order valence-corrected chi connectivity index (χ4v) is 7.81. The molecule has 0 spiro atoms. The van der Waals surface area contributed by atoms with Gasteiger partial charge < -0.3 is 14.5 Å². The number of aliphatic imine (C=N–C) groups is 1. The number of carbonyl (C=O) groups excluding carboxylic acids is 2. The summed E-state index contributed by atoms with van der Waals surface area (Å²) in [6, 6.07) is 21.6. The zero-order valence-electron chi connectivity index (χ0n) is 26.2. The van der Waals surface area contributed by atoms with Gasteiger partial charge in [-0.2, -0.15) is 18.4 Å². The Morgan fingerprint density at radius 3 is 2.52 bits per heavy atom. The number of anilines is 2. The molecule has 3 aliphatic heterocycles. The number of ether oxygens (including phenoxy) is 1. The van der Waals surface area contributed by atoms with Crippen LogP contribution in [0.2, 0.25) is 0 Å². The summed E-state index contributed by atoms with van der Waals surface area (Å²) >= 11 is 2.54. The predicted molar refractivity (Wildman–Crippen MR) is 181 cm³/mol. The van der Waals surface area contributed by atoms with Crippen molar-refractivity contribution in [3.63, 3.8) is 0 Å². The van der Waals surface area contributed by atoms with Crippen LogP contribution < -0.4 is 9.80 Å². The van der Waals surface area contributed by atoms with E-state index < -0.39 is 12.1 Å². The quantitative estimate of drug-likeness (QED) is 0.268. The zero-order valence-corrected chi connectivity index (χ0v) is 27.8. The number of carbonyl (C=O) groups is 2. The van der Waals surface area contributed by atoms with Crippen LogP contribution in [0, 0.1) is 18.3 Å². The first-order chi connectivity index (χ1) is 23.0. The van der Waals surface area contributed by atoms with Gasteiger partial charge in [0.15, 0.2) is 5.17 Å². The summed E-state index contributed by atoms with van der Waals surface area (Å²) in [5, 5.41) is 10.5. The number of halogens is 3. The maximum absolute atomic E-state index is 14.1. The number of hydrogen-bond donors (Lipinski definition) is 0. The van der Waals surface area contributed by atoms with E-state index in [-0.39, 0.29) is 31.2 Å². The highest BCUT2D eigenvalue weighted by molar-refractivity contribution is 8.19. The molecule has 0 aromatic heterocycles. The number of thioether (sulfide) groups is 2. The molecule has 3 heterocycles. The molecule has 48 heavy (non-hydrogen) atoms. The third-order valence-electron chi connectivity index (χ3n) is 8.15. The van der Waals surface area contributed by atoms with Gasteiger partial charge in [-0.1, -0.05) is 48.2 Å². The van der Waals surface area contributed by atoms with Crippen molar-refractivity contribution in [3.8, 4) is 6.07 Å². The highest BCUT2D eigenvalue weighted by Gasteiger charge is 2.44. The van der Waals surface area contributed by atoms with Gasteiger partial charge in [0.05, 0.1) is 47.8 Å². The van der Waals surface area contributed by atoms with Crippen molar-refractivity contribution < 1.29 is 27.5 Å². The molecule has 0 aliphatic carbocycles. The lowest BCUT2D eigenvalue weighted by atomic mass is 10.1. The van der Waals surface area contributed by atoms with Gasteiger partial charge in [0, 0.05) is 43.8 Å². The molecule has 248 valence electrons. The second kappa shape index (κ2) is 14.1. The maximum atomic E-state index is 14.1. The monoisotopic (exact) mass is 692 g/mol. The van der Waals surface area contributed by atoms with Crippen LogP contribution in [0.5, 0.6) is 0 Å². The van der Waals surface area contributed by atoms with E-state index in [0.29, 0.717) is 58.3 Å². The number of aryl methyl sites for hydroxylation is 1. The van der Waals surface area contributed by atoms with Crippen molar-refractivity contribution in [2.24, 2.45) is 4.99 Å². The first kappa shape index (κ1) is 33.6. The third-order valence-corrected chi connectivity index (χ3v) is 10.6. The van der Waals surface area contributed by atoms with Crippen molar-refractivity contribution >= 4 is 57.6 Å². The maximum Gasteiger partial charge on any atom is 0.471 e. The number of benzene rings is 3. The second-order valence-corrected chi connectivity index (χ2v) is 13.4. The number of rotatable bonds is 7. The Kier molecular flexibility index (Phi) is 9.84. The van der Waals surface area contributed by atoms with E-state index in [1.165, 1.54) is 29.6 Å². The van der Waals surface area contributed by atoms with Crippen LogP contribution >= 0.6 is 23.5 Å². The third kappa shape index (κ3) is 7.09. The number of morpholine rings is 1. The zero-order chi connectivity index (χ0) is 34.0. The highest BCUT2D eigenvalue weighted by atomic mass is 32.2. The van der Waals surface area contributed by atoms with Crippen LogP contribution in [0.3, 0.4) is 0 Å². The van der Waals surface area contributed by atoms with E-state index in [1.54, 1.807) is 41.1 Å². The van der Waals surface area contributed by atoms with Gasteiger partial charge in [-0.3, -0.25) is 19.4 Å². The Hall–Kier alpha value is -4.29. The van der Waals surface area contributed by atoms with Crippen LogP contribution in [0.15, 0.2) is 86.6 Å². The Morgan fingerprint density at radius 1 is 1.06 bits per heavy atom. The van der Waals surface area contributed by atoms with Gasteiger partial charge in [-0.25, -0.2) is 4.99 Å². The SMILES string of the molecule is Cc1ccc(C#N)cc1N=C1S/C(=C2\Sc3ccc(N(CCN4CCOCC4)C(=O)C(F)(F)F)cc3N2C)C(=O)N1Cc1ccccc1. The number of alkyl halides is 3. The minimum atomic E-state index is -5.05. The molecule has 3 aromatic rings. The summed E-state index contributed by atoms with van der Waals surface area (Å²) in [6.45, 7) is 4.41. The number of amides is 2. The molecule has 3 aliphatic rings. The van der Waals surface area contributed by atoms with Gasteiger partial charge >= 0.3 is 12.1 Å². The van der Waals surface area contributed by atoms with E-state index >= 15 is 0 Å². The Labute approximate surface area is 284 Å². The Morgan fingerprint density at radius 2 is 1.81 bits per heavy atom. The number of amidine groups is 1. The van der Waals surface area contributed by atoms with Crippen molar-refractivity contribution in [3.05, 3.63) is 93.4 Å². The van der Waals surface area contributed by atoms with Crippen LogP contribution in [0.25, 0.3) is 0 Å². The van der Waals surface area contributed by atoms with E-state index in [9.17, 15) is 28.0 Å². The normalized spacial score (nSPS) is 19.2. The smallest absolute Gasteiger partial charge is 0.379 e. The lowest BCUT2D eigenvalue weighted by molar-refractivity contribution is -0.170. The molecule has 14 heteroatoms. The van der Waals surface area contributed by atoms with E-state index in [0.717, 1.165) is 20.9 Å². The van der Waals surface area contributed by atoms with Crippen LogP contribution in [-0.4, -0.2) is 79.4 Å². The topological polar surface area (TPSA) is 92.5 Å². The summed E-state index contributed by atoms with van der Waals surface area (Å²) in [7, 11) is 1.75. The minimum Gasteiger partial charge on any atom is -0.379 e. The average molecular weight is 693 g/mol. The molecule has 3 aromatic carbocycles. The van der Waals surface area contributed by atoms with Crippen molar-refractivity contribution in [1.82, 2.24) is 9.80 Å². The van der Waals surface area contributed by atoms with E-state index in [2.05, 4.69) is 6.07 Å². The number of nitriles is 1. The summed E-state index contributed by atoms with van der Waals surface area (Å²) in [6.07, 6.45) is -5.05. The van der Waals surface area contributed by atoms with Gasteiger partial charge in [-0.05, 0) is 60.1 Å². The molecule has 0 unspecified atom stereocenters. The molecule has 0 saturated carbocycles. The molecule has 2 fully saturated rings. The average Bonchev–Trinajstić information content (AvgIpc) is 3.57. The first-order valence-corrected chi connectivity index (χ1v) is 16.8. The van der Waals surface area contributed by atoms with E-state index in [4.69, 9.17) is 9.73 Å². The second-order valence-electron chi connectivity index (χ2n) is 11.3. The van der Waals surface area contributed by atoms with Gasteiger partial charge in [-0.15, -0.1) is 0 Å². The van der Waals surface area contributed by atoms with Gasteiger partial charge in [0.1, 0.15) is 4.91 Å². The lowest BCUT2D eigenvalue weighted by Gasteiger charge is -2.30. The lowest BCUT2D eigenvalue weighted by Crippen LogP contribution is -2.47. The Bertz CT molecular complexity index is 1840. The van der Waals surface area contributed by atoms with Gasteiger partial charge in [0.2, 0.25) is 0 Å². The molecule has 6 rings (SSSR count). The highest BCUT2D eigenvalue weighted by Crippen LogP contribution is 2.51. The van der Waals surface area contributed by atoms with Crippen LogP contribution in [0.4, 0.5) is 30.2 Å². The number of hydrogen-bond acceptors (Lipinski definition) is 9. The van der Waals surface area contributed by atoms with Crippen molar-refractivity contribution in [2.45, 2.75) is 24.5 Å². The summed E-state index contributed by atoms with van der Waals surface area (Å²) in [5.74, 6) is -2.20. The Balaban J connectivity index is 1.33. The molecule has 0 radical (unpaired) electrons. The molecule has 0 N–H and O–H groups in total. The predicted octanol–water partition coefficient (Wildman–Crippen LogP) is 6.27. The fraction of sp³-hybridized carbons (Fsp3) is 0.294. The summed E-state index contributed by atoms with van der Waals surface area (Å²) in [4.78, 5) is 38.8. The molecule has 0 atom stereocenters. The summed E-state index contributed by atoms with van der Waals surface area (Å²) < 4.78 is 46.6.